The number of aromatic nitrogens is 2. The Labute approximate surface area is 178 Å². The number of carbonyl (C=O) groups is 1. The molecule has 0 bridgehead atoms. The number of nitrogens with zero attached hydrogens (tertiary/aromatic N) is 2. The second-order valence-corrected chi connectivity index (χ2v) is 8.93. The summed E-state index contributed by atoms with van der Waals surface area (Å²) in [7, 11) is 0. The molecule has 2 fully saturated rings. The fourth-order valence-electron chi connectivity index (χ4n) is 4.20. The highest BCUT2D eigenvalue weighted by molar-refractivity contribution is 14.1. The van der Waals surface area contributed by atoms with Gasteiger partial charge >= 0.3 is 0 Å². The zero-order chi connectivity index (χ0) is 19.7. The summed E-state index contributed by atoms with van der Waals surface area (Å²) in [6, 6.07) is 5.65. The molecule has 7 nitrogen and oxygen atoms in total. The average Bonchev–Trinajstić information content (AvgIpc) is 3.06. The first-order valence-electron chi connectivity index (χ1n) is 9.92. The van der Waals surface area contributed by atoms with E-state index in [2.05, 4.69) is 56.9 Å². The summed E-state index contributed by atoms with van der Waals surface area (Å²) in [5, 5.41) is 11.2. The Morgan fingerprint density at radius 2 is 2.14 bits per heavy atom. The van der Waals surface area contributed by atoms with Crippen molar-refractivity contribution in [2.24, 2.45) is 5.92 Å². The first-order valence-corrected chi connectivity index (χ1v) is 11.0. The van der Waals surface area contributed by atoms with Gasteiger partial charge in [-0.25, -0.2) is 0 Å². The van der Waals surface area contributed by atoms with Crippen LogP contribution in [0, 0.1) is 9.62 Å². The average molecular weight is 498 g/mol. The number of aromatic amines is 1. The number of rotatable bonds is 4. The van der Waals surface area contributed by atoms with Crippen LogP contribution in [-0.2, 0) is 9.47 Å². The van der Waals surface area contributed by atoms with Gasteiger partial charge < -0.3 is 14.8 Å². The second-order valence-electron chi connectivity index (χ2n) is 7.91. The summed E-state index contributed by atoms with van der Waals surface area (Å²) in [4.78, 5) is 15.0. The highest BCUT2D eigenvalue weighted by Gasteiger charge is 2.32. The van der Waals surface area contributed by atoms with Crippen molar-refractivity contribution in [3.8, 4) is 0 Å². The Morgan fingerprint density at radius 3 is 2.93 bits per heavy atom. The molecular weight excluding hydrogens is 471 g/mol. The van der Waals surface area contributed by atoms with E-state index in [1.807, 2.05) is 18.2 Å². The van der Waals surface area contributed by atoms with Gasteiger partial charge in [0, 0.05) is 37.2 Å². The number of halogens is 1. The molecule has 1 aromatic carbocycles. The minimum absolute atomic E-state index is 0.0319. The molecule has 2 aromatic rings. The molecular formula is C20H27IN4O3. The molecule has 28 heavy (non-hydrogen) atoms. The summed E-state index contributed by atoms with van der Waals surface area (Å²) in [6.07, 6.45) is 2.50. The van der Waals surface area contributed by atoms with Crippen molar-refractivity contribution in [1.82, 2.24) is 20.4 Å². The zero-order valence-corrected chi connectivity index (χ0v) is 18.4. The number of nitrogens with one attached hydrogen (secondary N) is 2. The molecule has 0 aliphatic carbocycles. The van der Waals surface area contributed by atoms with Crippen molar-refractivity contribution in [1.29, 1.82) is 0 Å². The van der Waals surface area contributed by atoms with Crippen LogP contribution < -0.4 is 5.32 Å². The molecule has 2 aliphatic heterocycles. The van der Waals surface area contributed by atoms with Crippen LogP contribution in [0.15, 0.2) is 18.2 Å². The van der Waals surface area contributed by atoms with Crippen molar-refractivity contribution in [2.75, 3.05) is 26.2 Å². The molecule has 0 saturated carbocycles. The van der Waals surface area contributed by atoms with Crippen LogP contribution in [0.4, 0.5) is 0 Å². The molecule has 152 valence electrons. The number of hydrogen-bond donors (Lipinski definition) is 2. The van der Waals surface area contributed by atoms with Crippen LogP contribution >= 0.6 is 22.6 Å². The van der Waals surface area contributed by atoms with Gasteiger partial charge in [-0.15, -0.1) is 0 Å². The summed E-state index contributed by atoms with van der Waals surface area (Å²) in [5.74, 6) is 0.393. The van der Waals surface area contributed by atoms with Crippen LogP contribution in [0.25, 0.3) is 10.9 Å². The number of ether oxygens (including phenoxy) is 2. The SMILES string of the molecule is C[C@@H]1CN(C2CC(CNC(=O)c3ccc4[nH]nc(I)c4c3)CCO2)C[C@H](C)O1. The van der Waals surface area contributed by atoms with Gasteiger partial charge in [0.05, 0.1) is 17.7 Å². The molecule has 8 heteroatoms. The predicted octanol–water partition coefficient (Wildman–Crippen LogP) is 2.76. The van der Waals surface area contributed by atoms with E-state index in [1.165, 1.54) is 0 Å². The third-order valence-corrected chi connectivity index (χ3v) is 6.38. The van der Waals surface area contributed by atoms with Crippen LogP contribution in [0.5, 0.6) is 0 Å². The number of H-pyrrole nitrogens is 1. The normalized spacial score (nSPS) is 29.1. The lowest BCUT2D eigenvalue weighted by Gasteiger charge is -2.42. The molecule has 3 heterocycles. The molecule has 2 N–H and O–H groups in total. The predicted molar refractivity (Wildman–Crippen MR) is 115 cm³/mol. The molecule has 2 aliphatic rings. The van der Waals surface area contributed by atoms with Gasteiger partial charge in [0.2, 0.25) is 0 Å². The van der Waals surface area contributed by atoms with Gasteiger partial charge in [-0.1, -0.05) is 0 Å². The van der Waals surface area contributed by atoms with Crippen LogP contribution in [-0.4, -0.2) is 65.7 Å². The van der Waals surface area contributed by atoms with Gasteiger partial charge in [-0.3, -0.25) is 14.8 Å². The fourth-order valence-corrected chi connectivity index (χ4v) is 4.76. The minimum atomic E-state index is -0.0319. The van der Waals surface area contributed by atoms with E-state index in [0.29, 0.717) is 18.0 Å². The van der Waals surface area contributed by atoms with Crippen molar-refractivity contribution >= 4 is 39.4 Å². The van der Waals surface area contributed by atoms with Gasteiger partial charge in [0.1, 0.15) is 9.93 Å². The van der Waals surface area contributed by atoms with Crippen LogP contribution in [0.3, 0.4) is 0 Å². The number of benzene rings is 1. The Kier molecular flexibility index (Phi) is 6.19. The number of fused-ring (bicyclic) bond motifs is 1. The van der Waals surface area contributed by atoms with Crippen molar-refractivity contribution in [2.45, 2.75) is 45.1 Å². The van der Waals surface area contributed by atoms with Gasteiger partial charge in [-0.05, 0) is 73.4 Å². The number of hydrogen-bond acceptors (Lipinski definition) is 5. The van der Waals surface area contributed by atoms with E-state index >= 15 is 0 Å². The van der Waals surface area contributed by atoms with Crippen molar-refractivity contribution in [3.05, 3.63) is 27.5 Å². The van der Waals surface area contributed by atoms with Crippen molar-refractivity contribution < 1.29 is 14.3 Å². The fraction of sp³-hybridized carbons (Fsp3) is 0.600. The van der Waals surface area contributed by atoms with Crippen LogP contribution in [0.2, 0.25) is 0 Å². The van der Waals surface area contributed by atoms with Crippen molar-refractivity contribution in [3.63, 3.8) is 0 Å². The van der Waals surface area contributed by atoms with E-state index in [-0.39, 0.29) is 24.3 Å². The summed E-state index contributed by atoms with van der Waals surface area (Å²) < 4.78 is 12.7. The van der Waals surface area contributed by atoms with E-state index in [9.17, 15) is 4.79 Å². The first kappa shape index (κ1) is 20.1. The highest BCUT2D eigenvalue weighted by atomic mass is 127. The summed E-state index contributed by atoms with van der Waals surface area (Å²) in [6.45, 7) is 7.44. The topological polar surface area (TPSA) is 79.5 Å². The van der Waals surface area contributed by atoms with Crippen LogP contribution in [0.1, 0.15) is 37.0 Å². The van der Waals surface area contributed by atoms with Gasteiger partial charge in [-0.2, -0.15) is 5.10 Å². The second kappa shape index (κ2) is 8.64. The quantitative estimate of drug-likeness (QED) is 0.635. The first-order chi connectivity index (χ1) is 13.5. The van der Waals surface area contributed by atoms with Gasteiger partial charge in [0.15, 0.2) is 0 Å². The molecule has 4 rings (SSSR count). The molecule has 2 saturated heterocycles. The largest absolute Gasteiger partial charge is 0.373 e. The number of morpholine rings is 1. The van der Waals surface area contributed by atoms with E-state index in [4.69, 9.17) is 9.47 Å². The molecule has 4 atom stereocenters. The zero-order valence-electron chi connectivity index (χ0n) is 16.3. The van der Waals surface area contributed by atoms with Gasteiger partial charge in [0.25, 0.3) is 5.91 Å². The molecule has 2 unspecified atom stereocenters. The lowest BCUT2D eigenvalue weighted by Crippen LogP contribution is -2.53. The number of carbonyl (C=O) groups excluding carboxylic acids is 1. The highest BCUT2D eigenvalue weighted by Crippen LogP contribution is 2.25. The summed E-state index contributed by atoms with van der Waals surface area (Å²) in [5.41, 5.74) is 1.62. The van der Waals surface area contributed by atoms with E-state index in [0.717, 1.165) is 47.1 Å². The Hall–Kier alpha value is -1.23. The summed E-state index contributed by atoms with van der Waals surface area (Å²) >= 11 is 2.17. The number of amides is 1. The maximum atomic E-state index is 12.6. The smallest absolute Gasteiger partial charge is 0.251 e. The maximum Gasteiger partial charge on any atom is 0.251 e. The lowest BCUT2D eigenvalue weighted by molar-refractivity contribution is -0.159. The molecule has 0 radical (unpaired) electrons. The molecule has 0 spiro atoms. The minimum Gasteiger partial charge on any atom is -0.373 e. The Bertz CT molecular complexity index is 832. The maximum absolute atomic E-state index is 12.6. The standard InChI is InChI=1S/C20H27IN4O3/c1-12-10-25(11-13(2)28-12)18-7-14(5-6-27-18)9-22-20(26)15-3-4-17-16(8-15)19(21)24-23-17/h3-4,8,12-14,18H,5-7,9-11H2,1-2H3,(H,22,26)(H,23,24)/t12-,13+,14?,18?. The van der Waals surface area contributed by atoms with E-state index in [1.54, 1.807) is 0 Å². The third kappa shape index (κ3) is 4.50. The Morgan fingerprint density at radius 1 is 1.36 bits per heavy atom. The molecule has 1 aromatic heterocycles. The lowest BCUT2D eigenvalue weighted by atomic mass is 9.97. The third-order valence-electron chi connectivity index (χ3n) is 5.56. The monoisotopic (exact) mass is 498 g/mol. The Balaban J connectivity index is 1.33. The van der Waals surface area contributed by atoms with E-state index < -0.39 is 0 Å². The molecule has 1 amide bonds.